The van der Waals surface area contributed by atoms with E-state index in [-0.39, 0.29) is 4.47 Å². The zero-order chi connectivity index (χ0) is 11.6. The van der Waals surface area contributed by atoms with E-state index in [1.165, 1.54) is 12.1 Å². The predicted molar refractivity (Wildman–Crippen MR) is 45.8 cm³/mol. The fraction of sp³-hybridized carbons (Fsp3) is 0.250. The van der Waals surface area contributed by atoms with Crippen LogP contribution in [-0.2, 0) is 0 Å². The highest BCUT2D eigenvalue weighted by Crippen LogP contribution is 2.38. The van der Waals surface area contributed by atoms with Gasteiger partial charge in [-0.25, -0.2) is 8.78 Å². The highest BCUT2D eigenvalue weighted by atomic mass is 79.9. The van der Waals surface area contributed by atoms with Gasteiger partial charge in [-0.15, -0.1) is 13.2 Å². The second kappa shape index (κ2) is 4.34. The first-order valence-electron chi connectivity index (χ1n) is 3.63. The molecule has 0 fully saturated rings. The lowest BCUT2D eigenvalue weighted by Gasteiger charge is -2.14. The molecule has 0 bridgehead atoms. The third-order valence-electron chi connectivity index (χ3n) is 1.45. The van der Waals surface area contributed by atoms with Crippen molar-refractivity contribution in [1.82, 2.24) is 0 Å². The minimum absolute atomic E-state index is 0.169. The van der Waals surface area contributed by atoms with Crippen molar-refractivity contribution in [2.24, 2.45) is 0 Å². The number of ether oxygens (including phenoxy) is 1. The van der Waals surface area contributed by atoms with Gasteiger partial charge in [0, 0.05) is 0 Å². The number of hydrogen-bond donors (Lipinski definition) is 0. The van der Waals surface area contributed by atoms with Crippen LogP contribution in [0.2, 0.25) is 0 Å². The van der Waals surface area contributed by atoms with E-state index in [2.05, 4.69) is 20.7 Å². The van der Waals surface area contributed by atoms with Gasteiger partial charge in [-0.3, -0.25) is 0 Å². The van der Waals surface area contributed by atoms with E-state index in [9.17, 15) is 22.0 Å². The molecule has 0 unspecified atom stereocenters. The molecule has 1 nitrogen and oxygen atoms in total. The summed E-state index contributed by atoms with van der Waals surface area (Å²) in [5.74, 6) is -0.903. The Kier molecular flexibility index (Phi) is 3.54. The van der Waals surface area contributed by atoms with Crippen LogP contribution in [0, 0.1) is 0 Å². The van der Waals surface area contributed by atoms with Crippen LogP contribution in [0.3, 0.4) is 0 Å². The lowest BCUT2D eigenvalue weighted by Crippen LogP contribution is -2.18. The van der Waals surface area contributed by atoms with Gasteiger partial charge in [0.2, 0.25) is 0 Å². The summed E-state index contributed by atoms with van der Waals surface area (Å²) in [7, 11) is 0. The Bertz CT molecular complexity index is 349. The van der Waals surface area contributed by atoms with Gasteiger partial charge < -0.3 is 4.74 Å². The fourth-order valence-electron chi connectivity index (χ4n) is 0.921. The second-order valence-electron chi connectivity index (χ2n) is 2.51. The molecule has 0 aliphatic heterocycles. The van der Waals surface area contributed by atoms with E-state index in [1.807, 2.05) is 0 Å². The molecule has 0 saturated carbocycles. The molecule has 15 heavy (non-hydrogen) atoms. The minimum Gasteiger partial charge on any atom is -0.404 e. The molecule has 1 rings (SSSR count). The molecule has 1 aromatic rings. The Morgan fingerprint density at radius 1 is 1.20 bits per heavy atom. The van der Waals surface area contributed by atoms with Crippen LogP contribution < -0.4 is 4.74 Å². The van der Waals surface area contributed by atoms with Crippen LogP contribution in [0.1, 0.15) is 12.0 Å². The molecule has 0 saturated heterocycles. The summed E-state index contributed by atoms with van der Waals surface area (Å²) >= 11 is 2.71. The largest absolute Gasteiger partial charge is 0.573 e. The lowest BCUT2D eigenvalue weighted by molar-refractivity contribution is -0.275. The summed E-state index contributed by atoms with van der Waals surface area (Å²) in [5.41, 5.74) is -0.804. The lowest BCUT2D eigenvalue weighted by atomic mass is 10.2. The zero-order valence-electron chi connectivity index (χ0n) is 6.99. The van der Waals surface area contributed by atoms with Gasteiger partial charge in [0.05, 0.1) is 10.0 Å². The third kappa shape index (κ3) is 3.33. The molecular weight excluding hydrogens is 287 g/mol. The molecule has 0 radical (unpaired) electrons. The maximum absolute atomic E-state index is 12.3. The predicted octanol–water partition coefficient (Wildman–Crippen LogP) is 4.29. The molecule has 1 aromatic carbocycles. The van der Waals surface area contributed by atoms with Gasteiger partial charge in [0.25, 0.3) is 6.43 Å². The van der Waals surface area contributed by atoms with Crippen LogP contribution in [0.25, 0.3) is 0 Å². The first-order valence-corrected chi connectivity index (χ1v) is 4.43. The molecular formula is C8H4BrF5O. The standard InChI is InChI=1S/C8H4BrF5O/c9-5-3-1-2-4(7(10)11)6(5)15-8(12,13)14/h1-3,7H. The van der Waals surface area contributed by atoms with Gasteiger partial charge >= 0.3 is 6.36 Å². The molecule has 84 valence electrons. The van der Waals surface area contributed by atoms with Gasteiger partial charge in [-0.05, 0) is 28.1 Å². The van der Waals surface area contributed by atoms with Crippen molar-refractivity contribution in [3.63, 3.8) is 0 Å². The monoisotopic (exact) mass is 290 g/mol. The maximum Gasteiger partial charge on any atom is 0.573 e. The average Bonchev–Trinajstić information content (AvgIpc) is 2.05. The van der Waals surface area contributed by atoms with Gasteiger partial charge in [-0.1, -0.05) is 6.07 Å². The fourth-order valence-corrected chi connectivity index (χ4v) is 1.38. The number of benzene rings is 1. The summed E-state index contributed by atoms with van der Waals surface area (Å²) in [6.07, 6.45) is -8.02. The van der Waals surface area contributed by atoms with Crippen LogP contribution >= 0.6 is 15.9 Å². The Morgan fingerprint density at radius 3 is 2.27 bits per heavy atom. The van der Waals surface area contributed by atoms with E-state index in [4.69, 9.17) is 0 Å². The van der Waals surface area contributed by atoms with Gasteiger partial charge in [0.15, 0.2) is 5.75 Å². The molecule has 7 heteroatoms. The van der Waals surface area contributed by atoms with E-state index in [0.29, 0.717) is 0 Å². The van der Waals surface area contributed by atoms with Crippen molar-refractivity contribution < 1.29 is 26.7 Å². The Labute approximate surface area is 90.0 Å². The SMILES string of the molecule is FC(F)c1cccc(Br)c1OC(F)(F)F. The summed E-state index contributed by atoms with van der Waals surface area (Å²) in [6.45, 7) is 0. The van der Waals surface area contributed by atoms with Gasteiger partial charge in [0.1, 0.15) is 0 Å². The first-order chi connectivity index (χ1) is 6.81. The van der Waals surface area contributed by atoms with Crippen LogP contribution in [-0.4, -0.2) is 6.36 Å². The number of para-hydroxylation sites is 1. The number of rotatable bonds is 2. The van der Waals surface area contributed by atoms with Crippen molar-refractivity contribution in [1.29, 1.82) is 0 Å². The van der Waals surface area contributed by atoms with E-state index < -0.39 is 24.1 Å². The third-order valence-corrected chi connectivity index (χ3v) is 2.07. The molecule has 0 aromatic heterocycles. The van der Waals surface area contributed by atoms with Crippen LogP contribution in [0.15, 0.2) is 22.7 Å². The molecule has 0 amide bonds. The molecule has 0 N–H and O–H groups in total. The summed E-state index contributed by atoms with van der Waals surface area (Å²) in [6, 6.07) is 3.26. The molecule has 0 aliphatic rings. The molecule has 0 heterocycles. The minimum atomic E-state index is -4.99. The molecule has 0 aliphatic carbocycles. The quantitative estimate of drug-likeness (QED) is 0.739. The smallest absolute Gasteiger partial charge is 0.404 e. The van der Waals surface area contributed by atoms with Crippen molar-refractivity contribution in [3.05, 3.63) is 28.2 Å². The van der Waals surface area contributed by atoms with E-state index in [1.54, 1.807) is 0 Å². The topological polar surface area (TPSA) is 9.23 Å². The second-order valence-corrected chi connectivity index (χ2v) is 3.36. The van der Waals surface area contributed by atoms with Crippen molar-refractivity contribution in [3.8, 4) is 5.75 Å². The molecule has 0 spiro atoms. The first kappa shape index (κ1) is 12.2. The van der Waals surface area contributed by atoms with E-state index in [0.717, 1.165) is 6.07 Å². The molecule has 0 atom stereocenters. The van der Waals surface area contributed by atoms with Crippen molar-refractivity contribution >= 4 is 15.9 Å². The highest BCUT2D eigenvalue weighted by Gasteiger charge is 2.34. The van der Waals surface area contributed by atoms with Crippen LogP contribution in [0.5, 0.6) is 5.75 Å². The Balaban J connectivity index is 3.14. The summed E-state index contributed by atoms with van der Waals surface area (Å²) < 4.78 is 63.6. The summed E-state index contributed by atoms with van der Waals surface area (Å²) in [5, 5.41) is 0. The normalized spacial score (nSPS) is 11.9. The average molecular weight is 291 g/mol. The summed E-state index contributed by atoms with van der Waals surface area (Å²) in [4.78, 5) is 0. The number of hydrogen-bond acceptors (Lipinski definition) is 1. The Hall–Kier alpha value is -0.850. The maximum atomic E-state index is 12.3. The highest BCUT2D eigenvalue weighted by molar-refractivity contribution is 9.10. The number of halogens is 6. The Morgan fingerprint density at radius 2 is 1.80 bits per heavy atom. The van der Waals surface area contributed by atoms with E-state index >= 15 is 0 Å². The van der Waals surface area contributed by atoms with Crippen molar-refractivity contribution in [2.45, 2.75) is 12.8 Å². The zero-order valence-corrected chi connectivity index (χ0v) is 8.57. The van der Waals surface area contributed by atoms with Gasteiger partial charge in [-0.2, -0.15) is 0 Å². The van der Waals surface area contributed by atoms with Crippen molar-refractivity contribution in [2.75, 3.05) is 0 Å². The number of alkyl halides is 5. The van der Waals surface area contributed by atoms with Crippen LogP contribution in [0.4, 0.5) is 22.0 Å².